The highest BCUT2D eigenvalue weighted by Crippen LogP contribution is 2.53. The standard InChI is InChI=1S/C57H42N2/c1-57(2)53-24-13-12-23-49(53)51-35-36-52-50-34-33-48(38-54(50)59(56(52)55(51)57)46-31-27-43(28-32-46)40-17-8-4-9-18-40)58(45-29-25-42(26-30-45)39-15-6-3-7-16-39)47-22-14-21-44(37-47)41-19-10-5-11-20-41/h3-38H,1-2H3. The highest BCUT2D eigenvalue weighted by Gasteiger charge is 2.38. The van der Waals surface area contributed by atoms with Crippen LogP contribution in [0.5, 0.6) is 0 Å². The summed E-state index contributed by atoms with van der Waals surface area (Å²) >= 11 is 0. The summed E-state index contributed by atoms with van der Waals surface area (Å²) < 4.78 is 2.53. The lowest BCUT2D eigenvalue weighted by Gasteiger charge is -2.27. The molecule has 0 aliphatic heterocycles. The lowest BCUT2D eigenvalue weighted by molar-refractivity contribution is 0.664. The monoisotopic (exact) mass is 754 g/mol. The van der Waals surface area contributed by atoms with E-state index in [1.165, 1.54) is 77.4 Å². The highest BCUT2D eigenvalue weighted by atomic mass is 15.1. The second kappa shape index (κ2) is 13.9. The minimum absolute atomic E-state index is 0.186. The highest BCUT2D eigenvalue weighted by molar-refractivity contribution is 6.14. The molecule has 11 rings (SSSR count). The van der Waals surface area contributed by atoms with Gasteiger partial charge in [0.2, 0.25) is 0 Å². The number of nitrogens with zero attached hydrogens (tertiary/aromatic N) is 2. The van der Waals surface area contributed by atoms with Gasteiger partial charge in [-0.1, -0.05) is 184 Å². The Morgan fingerprint density at radius 2 is 0.881 bits per heavy atom. The zero-order valence-electron chi connectivity index (χ0n) is 33.2. The molecule has 1 heterocycles. The Balaban J connectivity index is 1.15. The van der Waals surface area contributed by atoms with Crippen molar-refractivity contribution in [3.05, 3.63) is 230 Å². The number of hydrogen-bond donors (Lipinski definition) is 0. The van der Waals surface area contributed by atoms with E-state index in [1.54, 1.807) is 0 Å². The van der Waals surface area contributed by atoms with Gasteiger partial charge in [0.1, 0.15) is 0 Å². The molecule has 0 fully saturated rings. The van der Waals surface area contributed by atoms with E-state index in [-0.39, 0.29) is 5.41 Å². The molecule has 2 nitrogen and oxygen atoms in total. The summed E-state index contributed by atoms with van der Waals surface area (Å²) in [6.45, 7) is 4.78. The smallest absolute Gasteiger partial charge is 0.0588 e. The number of aromatic nitrogens is 1. The third-order valence-corrected chi connectivity index (χ3v) is 12.4. The van der Waals surface area contributed by atoms with Crippen molar-refractivity contribution < 1.29 is 0 Å². The zero-order chi connectivity index (χ0) is 39.5. The number of hydrogen-bond acceptors (Lipinski definition) is 1. The largest absolute Gasteiger partial charge is 0.310 e. The molecular formula is C57H42N2. The molecule has 0 saturated carbocycles. The molecule has 0 spiro atoms. The first-order chi connectivity index (χ1) is 29.0. The van der Waals surface area contributed by atoms with Crippen molar-refractivity contribution in [2.45, 2.75) is 19.3 Å². The van der Waals surface area contributed by atoms with Crippen LogP contribution in [0.2, 0.25) is 0 Å². The van der Waals surface area contributed by atoms with Crippen LogP contribution in [0.1, 0.15) is 25.0 Å². The fourth-order valence-corrected chi connectivity index (χ4v) is 9.53. The van der Waals surface area contributed by atoms with Gasteiger partial charge in [-0.15, -0.1) is 0 Å². The number of fused-ring (bicyclic) bond motifs is 7. The minimum atomic E-state index is -0.186. The van der Waals surface area contributed by atoms with Crippen molar-refractivity contribution >= 4 is 38.9 Å². The van der Waals surface area contributed by atoms with Gasteiger partial charge in [-0.3, -0.25) is 0 Å². The Hall–Kier alpha value is -7.42. The number of benzene rings is 9. The van der Waals surface area contributed by atoms with Crippen LogP contribution < -0.4 is 4.90 Å². The average molecular weight is 755 g/mol. The van der Waals surface area contributed by atoms with Gasteiger partial charge < -0.3 is 9.47 Å². The summed E-state index contributed by atoms with van der Waals surface area (Å²) in [5, 5.41) is 2.51. The molecule has 0 saturated heterocycles. The Bertz CT molecular complexity index is 3140. The fraction of sp³-hybridized carbons (Fsp3) is 0.0526. The van der Waals surface area contributed by atoms with Crippen LogP contribution in [-0.4, -0.2) is 4.57 Å². The maximum atomic E-state index is 2.53. The predicted octanol–water partition coefficient (Wildman–Crippen LogP) is 15.6. The van der Waals surface area contributed by atoms with E-state index in [0.29, 0.717) is 0 Å². The average Bonchev–Trinajstić information content (AvgIpc) is 3.75. The van der Waals surface area contributed by atoms with E-state index in [9.17, 15) is 0 Å². The van der Waals surface area contributed by atoms with Gasteiger partial charge in [-0.2, -0.15) is 0 Å². The zero-order valence-corrected chi connectivity index (χ0v) is 33.2. The van der Waals surface area contributed by atoms with Gasteiger partial charge in [0.25, 0.3) is 0 Å². The molecule has 0 unspecified atom stereocenters. The summed E-state index contributed by atoms with van der Waals surface area (Å²) in [5.41, 5.74) is 19.3. The van der Waals surface area contributed by atoms with Gasteiger partial charge in [-0.25, -0.2) is 0 Å². The summed E-state index contributed by atoms with van der Waals surface area (Å²) in [6.07, 6.45) is 0. The molecule has 280 valence electrons. The lowest BCUT2D eigenvalue weighted by atomic mass is 9.81. The van der Waals surface area contributed by atoms with Crippen LogP contribution in [0.4, 0.5) is 17.1 Å². The molecule has 0 atom stereocenters. The van der Waals surface area contributed by atoms with Crippen molar-refractivity contribution in [1.29, 1.82) is 0 Å². The summed E-state index contributed by atoms with van der Waals surface area (Å²) in [4.78, 5) is 2.41. The first kappa shape index (κ1) is 34.8. The Morgan fingerprint density at radius 3 is 1.54 bits per heavy atom. The van der Waals surface area contributed by atoms with Gasteiger partial charge in [0, 0.05) is 38.9 Å². The van der Waals surface area contributed by atoms with Crippen molar-refractivity contribution in [3.8, 4) is 50.2 Å². The maximum Gasteiger partial charge on any atom is 0.0588 e. The second-order valence-corrected chi connectivity index (χ2v) is 16.2. The topological polar surface area (TPSA) is 8.17 Å². The third kappa shape index (κ3) is 5.79. The summed E-state index contributed by atoms with van der Waals surface area (Å²) in [6, 6.07) is 79.7. The Labute approximate surface area is 345 Å². The molecule has 1 aliphatic carbocycles. The molecule has 1 aromatic heterocycles. The molecule has 9 aromatic carbocycles. The van der Waals surface area contributed by atoms with Crippen molar-refractivity contribution in [3.63, 3.8) is 0 Å². The van der Waals surface area contributed by atoms with Crippen LogP contribution in [0, 0.1) is 0 Å². The van der Waals surface area contributed by atoms with Crippen LogP contribution in [0.25, 0.3) is 72.0 Å². The first-order valence-electron chi connectivity index (χ1n) is 20.5. The van der Waals surface area contributed by atoms with Gasteiger partial charge in [0.05, 0.1) is 11.0 Å². The number of anilines is 3. The molecule has 0 radical (unpaired) electrons. The van der Waals surface area contributed by atoms with E-state index >= 15 is 0 Å². The van der Waals surface area contributed by atoms with Crippen molar-refractivity contribution in [2.75, 3.05) is 4.90 Å². The predicted molar refractivity (Wildman–Crippen MR) is 249 cm³/mol. The quantitative estimate of drug-likeness (QED) is 0.157. The van der Waals surface area contributed by atoms with E-state index in [4.69, 9.17) is 0 Å². The van der Waals surface area contributed by atoms with Crippen LogP contribution in [0.15, 0.2) is 218 Å². The molecule has 10 aromatic rings. The third-order valence-electron chi connectivity index (χ3n) is 12.4. The molecule has 0 amide bonds. The van der Waals surface area contributed by atoms with Crippen LogP contribution in [0.3, 0.4) is 0 Å². The van der Waals surface area contributed by atoms with Gasteiger partial charge in [-0.05, 0) is 104 Å². The molecular weight excluding hydrogens is 713 g/mol. The van der Waals surface area contributed by atoms with E-state index in [0.717, 1.165) is 22.7 Å². The summed E-state index contributed by atoms with van der Waals surface area (Å²) in [7, 11) is 0. The Kier molecular flexibility index (Phi) is 8.20. The van der Waals surface area contributed by atoms with E-state index in [1.807, 2.05) is 0 Å². The molecule has 0 bridgehead atoms. The summed E-state index contributed by atoms with van der Waals surface area (Å²) in [5.74, 6) is 0. The molecule has 59 heavy (non-hydrogen) atoms. The Morgan fingerprint density at radius 1 is 0.373 bits per heavy atom. The van der Waals surface area contributed by atoms with E-state index in [2.05, 4.69) is 242 Å². The van der Waals surface area contributed by atoms with E-state index < -0.39 is 0 Å². The molecule has 2 heteroatoms. The normalized spacial score (nSPS) is 12.7. The van der Waals surface area contributed by atoms with Gasteiger partial charge in [0.15, 0.2) is 0 Å². The van der Waals surface area contributed by atoms with Crippen LogP contribution in [-0.2, 0) is 5.41 Å². The van der Waals surface area contributed by atoms with Crippen molar-refractivity contribution in [2.24, 2.45) is 0 Å². The SMILES string of the molecule is CC1(C)c2ccccc2-c2ccc3c4ccc(N(c5ccc(-c6ccccc6)cc5)c5cccc(-c6ccccc6)c5)cc4n(-c4ccc(-c5ccccc5)cc4)c3c21. The minimum Gasteiger partial charge on any atom is -0.310 e. The fourth-order valence-electron chi connectivity index (χ4n) is 9.53. The second-order valence-electron chi connectivity index (χ2n) is 16.2. The van der Waals surface area contributed by atoms with Gasteiger partial charge >= 0.3 is 0 Å². The first-order valence-corrected chi connectivity index (χ1v) is 20.5. The maximum absolute atomic E-state index is 2.53. The van der Waals surface area contributed by atoms with Crippen molar-refractivity contribution in [1.82, 2.24) is 4.57 Å². The number of rotatable bonds is 7. The molecule has 0 N–H and O–H groups in total. The van der Waals surface area contributed by atoms with Crippen LogP contribution >= 0.6 is 0 Å². The lowest BCUT2D eigenvalue weighted by Crippen LogP contribution is -2.16. The molecule has 1 aliphatic rings.